The lowest BCUT2D eigenvalue weighted by Crippen LogP contribution is -2.27. The predicted octanol–water partition coefficient (Wildman–Crippen LogP) is -0.695. The Balaban J connectivity index is 2.05. The summed E-state index contributed by atoms with van der Waals surface area (Å²) < 4.78 is 5.10. The summed E-state index contributed by atoms with van der Waals surface area (Å²) in [5.41, 5.74) is 6.38. The third-order valence-electron chi connectivity index (χ3n) is 1.90. The molecule has 9 heteroatoms. The monoisotopic (exact) mass is 239 g/mol. The molecule has 1 unspecified atom stereocenters. The maximum atomic E-state index is 11.7. The second-order valence-corrected chi connectivity index (χ2v) is 3.81. The molecule has 0 aliphatic heterocycles. The van der Waals surface area contributed by atoms with Crippen molar-refractivity contribution < 1.29 is 4.79 Å². The minimum Gasteiger partial charge on any atom is -0.316 e. The minimum atomic E-state index is -0.780. The van der Waals surface area contributed by atoms with Crippen LogP contribution in [0.15, 0.2) is 12.4 Å². The SMILES string of the molecule is Cn1cc(C(N)C(=O)Nc2nnns2)cn1. The van der Waals surface area contributed by atoms with Crippen LogP contribution in [0.5, 0.6) is 0 Å². The summed E-state index contributed by atoms with van der Waals surface area (Å²) in [7, 11) is 1.75. The lowest BCUT2D eigenvalue weighted by atomic mass is 10.1. The van der Waals surface area contributed by atoms with E-state index in [2.05, 4.69) is 25.2 Å². The molecule has 2 aromatic rings. The third kappa shape index (κ3) is 2.20. The van der Waals surface area contributed by atoms with Gasteiger partial charge in [0.15, 0.2) is 0 Å². The molecule has 1 amide bonds. The molecule has 2 rings (SSSR count). The Hall–Kier alpha value is -1.87. The number of anilines is 1. The molecule has 0 saturated heterocycles. The first-order valence-corrected chi connectivity index (χ1v) is 5.14. The van der Waals surface area contributed by atoms with Gasteiger partial charge >= 0.3 is 0 Å². The summed E-state index contributed by atoms with van der Waals surface area (Å²) >= 11 is 0.989. The number of hydrogen-bond donors (Lipinski definition) is 2. The van der Waals surface area contributed by atoms with Crippen molar-refractivity contribution in [3.8, 4) is 0 Å². The van der Waals surface area contributed by atoms with E-state index in [-0.39, 0.29) is 5.91 Å². The molecule has 84 valence electrons. The summed E-state index contributed by atoms with van der Waals surface area (Å²) in [5.74, 6) is -0.369. The highest BCUT2D eigenvalue weighted by molar-refractivity contribution is 7.09. The molecule has 0 radical (unpaired) electrons. The molecule has 0 aliphatic rings. The molecule has 2 aromatic heterocycles. The van der Waals surface area contributed by atoms with Crippen LogP contribution in [0.3, 0.4) is 0 Å². The van der Waals surface area contributed by atoms with Gasteiger partial charge in [-0.1, -0.05) is 9.59 Å². The van der Waals surface area contributed by atoms with Gasteiger partial charge in [0, 0.05) is 30.3 Å². The fourth-order valence-corrected chi connectivity index (χ4v) is 1.49. The van der Waals surface area contributed by atoms with Gasteiger partial charge in [-0.3, -0.25) is 14.8 Å². The van der Waals surface area contributed by atoms with E-state index in [0.717, 1.165) is 11.5 Å². The molecule has 2 heterocycles. The van der Waals surface area contributed by atoms with Crippen molar-refractivity contribution in [3.05, 3.63) is 18.0 Å². The van der Waals surface area contributed by atoms with Crippen LogP contribution in [0.4, 0.5) is 5.13 Å². The number of rotatable bonds is 3. The molecule has 3 N–H and O–H groups in total. The maximum absolute atomic E-state index is 11.7. The number of nitrogens with one attached hydrogen (secondary N) is 1. The summed E-state index contributed by atoms with van der Waals surface area (Å²) in [6, 6.07) is -0.780. The molecule has 0 aliphatic carbocycles. The van der Waals surface area contributed by atoms with Crippen molar-refractivity contribution >= 4 is 22.6 Å². The lowest BCUT2D eigenvalue weighted by molar-refractivity contribution is -0.117. The van der Waals surface area contributed by atoms with Crippen LogP contribution in [0.1, 0.15) is 11.6 Å². The fraction of sp³-hybridized carbons (Fsp3) is 0.286. The van der Waals surface area contributed by atoms with Crippen molar-refractivity contribution in [2.24, 2.45) is 12.8 Å². The number of hydrogen-bond acceptors (Lipinski definition) is 7. The Morgan fingerprint density at radius 3 is 3.06 bits per heavy atom. The molecule has 0 bridgehead atoms. The number of nitrogens with zero attached hydrogens (tertiary/aromatic N) is 5. The molecule has 0 saturated carbocycles. The van der Waals surface area contributed by atoms with Gasteiger partial charge in [-0.2, -0.15) is 5.10 Å². The topological polar surface area (TPSA) is 112 Å². The Morgan fingerprint density at radius 2 is 2.50 bits per heavy atom. The molecule has 0 spiro atoms. The number of nitrogens with two attached hydrogens (primary N) is 1. The second kappa shape index (κ2) is 4.33. The quantitative estimate of drug-likeness (QED) is 0.733. The normalized spacial score (nSPS) is 12.4. The summed E-state index contributed by atoms with van der Waals surface area (Å²) in [4.78, 5) is 11.7. The van der Waals surface area contributed by atoms with E-state index in [4.69, 9.17) is 5.73 Å². The average molecular weight is 239 g/mol. The Kier molecular flexibility index (Phi) is 2.88. The molecule has 1 atom stereocenters. The first kappa shape index (κ1) is 10.6. The van der Waals surface area contributed by atoms with Gasteiger partial charge in [0.25, 0.3) is 0 Å². The average Bonchev–Trinajstić information content (AvgIpc) is 2.88. The van der Waals surface area contributed by atoms with Crippen LogP contribution in [0, 0.1) is 0 Å². The van der Waals surface area contributed by atoms with Crippen molar-refractivity contribution in [2.45, 2.75) is 6.04 Å². The second-order valence-electron chi connectivity index (χ2n) is 3.08. The zero-order valence-corrected chi connectivity index (χ0v) is 9.18. The van der Waals surface area contributed by atoms with E-state index in [1.54, 1.807) is 24.1 Å². The van der Waals surface area contributed by atoms with Gasteiger partial charge in [-0.05, 0) is 5.21 Å². The van der Waals surface area contributed by atoms with Gasteiger partial charge in [0.1, 0.15) is 6.04 Å². The van der Waals surface area contributed by atoms with E-state index in [1.807, 2.05) is 0 Å². The van der Waals surface area contributed by atoms with Crippen LogP contribution in [0.25, 0.3) is 0 Å². The smallest absolute Gasteiger partial charge is 0.247 e. The van der Waals surface area contributed by atoms with Crippen molar-refractivity contribution in [1.29, 1.82) is 0 Å². The minimum absolute atomic E-state index is 0.323. The predicted molar refractivity (Wildman–Crippen MR) is 56.5 cm³/mol. The van der Waals surface area contributed by atoms with Gasteiger partial charge in [-0.25, -0.2) is 0 Å². The van der Waals surface area contributed by atoms with Gasteiger partial charge in [-0.15, -0.1) is 0 Å². The molecular formula is C7H9N7OS. The summed E-state index contributed by atoms with van der Waals surface area (Å²) in [6.07, 6.45) is 3.23. The highest BCUT2D eigenvalue weighted by atomic mass is 32.1. The van der Waals surface area contributed by atoms with Gasteiger partial charge in [0.05, 0.1) is 6.20 Å². The summed E-state index contributed by atoms with van der Waals surface area (Å²) in [5, 5.41) is 13.7. The highest BCUT2D eigenvalue weighted by Crippen LogP contribution is 2.12. The van der Waals surface area contributed by atoms with Crippen molar-refractivity contribution in [1.82, 2.24) is 24.6 Å². The lowest BCUT2D eigenvalue weighted by Gasteiger charge is -2.07. The zero-order chi connectivity index (χ0) is 11.5. The standard InChI is InChI=1S/C7H9N7OS/c1-14-3-4(2-9-14)5(8)6(15)10-7-11-12-13-16-7/h2-3,5H,8H2,1H3,(H,10,11,13,15). The molecule has 0 fully saturated rings. The summed E-state index contributed by atoms with van der Waals surface area (Å²) in [6.45, 7) is 0. The third-order valence-corrected chi connectivity index (χ3v) is 2.41. The van der Waals surface area contributed by atoms with Crippen LogP contribution >= 0.6 is 11.5 Å². The molecule has 8 nitrogen and oxygen atoms in total. The number of amides is 1. The number of carbonyl (C=O) groups excluding carboxylic acids is 1. The van der Waals surface area contributed by atoms with E-state index in [1.165, 1.54) is 0 Å². The van der Waals surface area contributed by atoms with Crippen LogP contribution < -0.4 is 11.1 Å². The molecule has 0 aromatic carbocycles. The van der Waals surface area contributed by atoms with Crippen LogP contribution in [0.2, 0.25) is 0 Å². The van der Waals surface area contributed by atoms with Crippen molar-refractivity contribution in [2.75, 3.05) is 5.32 Å². The van der Waals surface area contributed by atoms with Crippen molar-refractivity contribution in [3.63, 3.8) is 0 Å². The molecular weight excluding hydrogens is 230 g/mol. The first-order chi connectivity index (χ1) is 7.66. The number of aryl methyl sites for hydroxylation is 1. The Morgan fingerprint density at radius 1 is 1.69 bits per heavy atom. The Bertz CT molecular complexity index is 479. The maximum Gasteiger partial charge on any atom is 0.247 e. The van der Waals surface area contributed by atoms with E-state index in [9.17, 15) is 4.79 Å². The van der Waals surface area contributed by atoms with Crippen LogP contribution in [-0.4, -0.2) is 30.5 Å². The van der Waals surface area contributed by atoms with Crippen LogP contribution in [-0.2, 0) is 11.8 Å². The van der Waals surface area contributed by atoms with E-state index < -0.39 is 6.04 Å². The van der Waals surface area contributed by atoms with E-state index >= 15 is 0 Å². The molecule has 16 heavy (non-hydrogen) atoms. The van der Waals surface area contributed by atoms with Gasteiger partial charge < -0.3 is 5.73 Å². The Labute approximate surface area is 94.6 Å². The highest BCUT2D eigenvalue weighted by Gasteiger charge is 2.18. The largest absolute Gasteiger partial charge is 0.316 e. The van der Waals surface area contributed by atoms with Gasteiger partial charge in [0.2, 0.25) is 11.0 Å². The number of carbonyl (C=O) groups is 1. The number of aromatic nitrogens is 5. The zero-order valence-electron chi connectivity index (χ0n) is 8.36. The van der Waals surface area contributed by atoms with E-state index in [0.29, 0.717) is 10.7 Å². The fourth-order valence-electron chi connectivity index (χ4n) is 1.12. The first-order valence-electron chi connectivity index (χ1n) is 4.37.